The molecular formula is C19H25N5O2. The number of carbonyl (C=O) groups is 1. The molecular weight excluding hydrogens is 330 g/mol. The molecule has 1 aliphatic heterocycles. The van der Waals surface area contributed by atoms with Gasteiger partial charge in [-0.25, -0.2) is 4.98 Å². The summed E-state index contributed by atoms with van der Waals surface area (Å²) in [6.07, 6.45) is 9.66. The fourth-order valence-corrected chi connectivity index (χ4v) is 3.28. The van der Waals surface area contributed by atoms with Gasteiger partial charge >= 0.3 is 0 Å². The third kappa shape index (κ3) is 4.68. The highest BCUT2D eigenvalue weighted by Gasteiger charge is 2.25. The van der Waals surface area contributed by atoms with E-state index in [2.05, 4.69) is 15.0 Å². The summed E-state index contributed by atoms with van der Waals surface area (Å²) in [5.41, 5.74) is 0.989. The number of hydrogen-bond acceptors (Lipinski definition) is 6. The van der Waals surface area contributed by atoms with Crippen LogP contribution in [0.1, 0.15) is 18.5 Å². The lowest BCUT2D eigenvalue weighted by Gasteiger charge is -2.33. The molecule has 138 valence electrons. The van der Waals surface area contributed by atoms with Gasteiger partial charge in [-0.3, -0.25) is 14.8 Å². The van der Waals surface area contributed by atoms with Crippen molar-refractivity contribution in [3.8, 4) is 5.75 Å². The minimum atomic E-state index is 0.0190. The van der Waals surface area contributed by atoms with Crippen molar-refractivity contribution in [2.24, 2.45) is 5.92 Å². The van der Waals surface area contributed by atoms with Crippen molar-refractivity contribution in [2.45, 2.75) is 19.3 Å². The lowest BCUT2D eigenvalue weighted by Crippen LogP contribution is -2.42. The Morgan fingerprint density at radius 2 is 2.15 bits per heavy atom. The van der Waals surface area contributed by atoms with Crippen LogP contribution >= 0.6 is 0 Å². The number of pyridine rings is 1. The second-order valence-corrected chi connectivity index (χ2v) is 6.75. The number of nitrogens with zero attached hydrogens (tertiary/aromatic N) is 5. The first-order valence-corrected chi connectivity index (χ1v) is 8.91. The first-order chi connectivity index (χ1) is 12.6. The molecule has 7 heteroatoms. The molecule has 0 saturated carbocycles. The van der Waals surface area contributed by atoms with Crippen LogP contribution in [0.15, 0.2) is 36.9 Å². The molecule has 26 heavy (non-hydrogen) atoms. The molecule has 1 aliphatic rings. The summed E-state index contributed by atoms with van der Waals surface area (Å²) in [6, 6.07) is 3.59. The van der Waals surface area contributed by atoms with Crippen molar-refractivity contribution in [1.29, 1.82) is 0 Å². The molecule has 1 amide bonds. The number of amides is 1. The first kappa shape index (κ1) is 18.1. The zero-order valence-electron chi connectivity index (χ0n) is 15.3. The number of carbonyl (C=O) groups excluding carboxylic acids is 1. The quantitative estimate of drug-likeness (QED) is 0.787. The Balaban J connectivity index is 1.56. The number of rotatable bonds is 6. The molecule has 1 fully saturated rings. The fourth-order valence-electron chi connectivity index (χ4n) is 3.28. The van der Waals surface area contributed by atoms with Gasteiger partial charge in [-0.1, -0.05) is 0 Å². The Morgan fingerprint density at radius 1 is 1.31 bits per heavy atom. The lowest BCUT2D eigenvalue weighted by atomic mass is 9.93. The van der Waals surface area contributed by atoms with Crippen molar-refractivity contribution in [3.63, 3.8) is 0 Å². The van der Waals surface area contributed by atoms with Crippen molar-refractivity contribution < 1.29 is 9.53 Å². The van der Waals surface area contributed by atoms with Gasteiger partial charge in [0.05, 0.1) is 11.9 Å². The van der Waals surface area contributed by atoms with Crippen LogP contribution in [0.3, 0.4) is 0 Å². The zero-order chi connectivity index (χ0) is 18.4. The second-order valence-electron chi connectivity index (χ2n) is 6.75. The summed E-state index contributed by atoms with van der Waals surface area (Å²) >= 11 is 0. The SMILES string of the molecule is CN(C)c1nccnc1C[C@H]1CCCN(C(=O)COc2cccnc2)C1. The predicted molar refractivity (Wildman–Crippen MR) is 99.1 cm³/mol. The maximum Gasteiger partial charge on any atom is 0.260 e. The molecule has 1 atom stereocenters. The van der Waals surface area contributed by atoms with Gasteiger partial charge in [0.15, 0.2) is 6.61 Å². The highest BCUT2D eigenvalue weighted by Crippen LogP contribution is 2.23. The van der Waals surface area contributed by atoms with Gasteiger partial charge in [-0.15, -0.1) is 0 Å². The van der Waals surface area contributed by atoms with Gasteiger partial charge in [0.1, 0.15) is 11.6 Å². The molecule has 7 nitrogen and oxygen atoms in total. The number of hydrogen-bond donors (Lipinski definition) is 0. The normalized spacial score (nSPS) is 17.0. The van der Waals surface area contributed by atoms with E-state index in [1.807, 2.05) is 23.9 Å². The minimum absolute atomic E-state index is 0.0190. The van der Waals surface area contributed by atoms with E-state index in [1.165, 1.54) is 0 Å². The molecule has 0 aromatic carbocycles. The van der Waals surface area contributed by atoms with E-state index in [1.54, 1.807) is 36.9 Å². The topological polar surface area (TPSA) is 71.5 Å². The van der Waals surface area contributed by atoms with E-state index < -0.39 is 0 Å². The molecule has 2 aromatic heterocycles. The van der Waals surface area contributed by atoms with Crippen LogP contribution < -0.4 is 9.64 Å². The van der Waals surface area contributed by atoms with Gasteiger partial charge in [-0.05, 0) is 37.3 Å². The van der Waals surface area contributed by atoms with E-state index >= 15 is 0 Å². The van der Waals surface area contributed by atoms with Crippen LogP contribution in [0.2, 0.25) is 0 Å². The van der Waals surface area contributed by atoms with Gasteiger partial charge < -0.3 is 14.5 Å². The number of likely N-dealkylation sites (tertiary alicyclic amines) is 1. The van der Waals surface area contributed by atoms with Crippen molar-refractivity contribution >= 4 is 11.7 Å². The molecule has 0 bridgehead atoms. The maximum atomic E-state index is 12.5. The van der Waals surface area contributed by atoms with Gasteiger partial charge in [0, 0.05) is 45.8 Å². The van der Waals surface area contributed by atoms with Crippen molar-refractivity contribution in [2.75, 3.05) is 38.7 Å². The molecule has 0 spiro atoms. The van der Waals surface area contributed by atoms with Gasteiger partial charge in [0.2, 0.25) is 0 Å². The monoisotopic (exact) mass is 355 g/mol. The van der Waals surface area contributed by atoms with Crippen LogP contribution in [-0.4, -0.2) is 59.6 Å². The van der Waals surface area contributed by atoms with E-state index in [4.69, 9.17) is 4.74 Å². The molecule has 2 aromatic rings. The Kier molecular flexibility index (Phi) is 5.99. The van der Waals surface area contributed by atoms with Gasteiger partial charge in [0.25, 0.3) is 5.91 Å². The van der Waals surface area contributed by atoms with Crippen molar-refractivity contribution in [3.05, 3.63) is 42.6 Å². The Morgan fingerprint density at radius 3 is 2.92 bits per heavy atom. The van der Waals surface area contributed by atoms with Crippen LogP contribution in [0.5, 0.6) is 5.75 Å². The molecule has 1 saturated heterocycles. The minimum Gasteiger partial charge on any atom is -0.482 e. The predicted octanol–water partition coefficient (Wildman–Crippen LogP) is 1.80. The van der Waals surface area contributed by atoms with E-state index in [0.29, 0.717) is 11.7 Å². The molecule has 0 N–H and O–H groups in total. The third-order valence-corrected chi connectivity index (χ3v) is 4.53. The van der Waals surface area contributed by atoms with Crippen LogP contribution in [-0.2, 0) is 11.2 Å². The standard InChI is InChI=1S/C19H25N5O2/c1-23(2)19-17(21-8-9-22-19)11-15-5-4-10-24(13-15)18(25)14-26-16-6-3-7-20-12-16/h3,6-9,12,15H,4-5,10-11,13-14H2,1-2H3/t15-/m1/s1. The second kappa shape index (κ2) is 8.60. The smallest absolute Gasteiger partial charge is 0.260 e. The van der Waals surface area contributed by atoms with Crippen LogP contribution in [0.4, 0.5) is 5.82 Å². The maximum absolute atomic E-state index is 12.5. The fraction of sp³-hybridized carbons (Fsp3) is 0.474. The highest BCUT2D eigenvalue weighted by molar-refractivity contribution is 5.77. The average molecular weight is 355 g/mol. The Bertz CT molecular complexity index is 723. The summed E-state index contributed by atoms with van der Waals surface area (Å²) in [4.78, 5) is 29.3. The van der Waals surface area contributed by atoms with Gasteiger partial charge in [-0.2, -0.15) is 0 Å². The molecule has 0 unspecified atom stereocenters. The largest absolute Gasteiger partial charge is 0.482 e. The molecule has 0 radical (unpaired) electrons. The summed E-state index contributed by atoms with van der Waals surface area (Å²) in [6.45, 7) is 1.57. The van der Waals surface area contributed by atoms with Crippen LogP contribution in [0, 0.1) is 5.92 Å². The summed E-state index contributed by atoms with van der Waals surface area (Å²) in [5, 5.41) is 0. The Labute approximate surface area is 154 Å². The summed E-state index contributed by atoms with van der Waals surface area (Å²) in [5.74, 6) is 1.92. The lowest BCUT2D eigenvalue weighted by molar-refractivity contribution is -0.135. The van der Waals surface area contributed by atoms with Crippen molar-refractivity contribution in [1.82, 2.24) is 19.9 Å². The zero-order valence-corrected chi connectivity index (χ0v) is 15.3. The first-order valence-electron chi connectivity index (χ1n) is 8.91. The molecule has 0 aliphatic carbocycles. The third-order valence-electron chi connectivity index (χ3n) is 4.53. The average Bonchev–Trinajstić information content (AvgIpc) is 2.67. The van der Waals surface area contributed by atoms with E-state index in [9.17, 15) is 4.79 Å². The number of anilines is 1. The number of piperidine rings is 1. The summed E-state index contributed by atoms with van der Waals surface area (Å²) in [7, 11) is 3.94. The van der Waals surface area contributed by atoms with E-state index in [-0.39, 0.29) is 12.5 Å². The van der Waals surface area contributed by atoms with Crippen LogP contribution in [0.25, 0.3) is 0 Å². The Hall–Kier alpha value is -2.70. The van der Waals surface area contributed by atoms with E-state index in [0.717, 1.165) is 43.9 Å². The number of ether oxygens (including phenoxy) is 1. The molecule has 3 heterocycles. The highest BCUT2D eigenvalue weighted by atomic mass is 16.5. The summed E-state index contributed by atoms with van der Waals surface area (Å²) < 4.78 is 5.54. The molecule has 3 rings (SSSR count). The number of aromatic nitrogens is 3.